The maximum Gasteiger partial charge on any atom is 0.124 e. The van der Waals surface area contributed by atoms with E-state index in [0.717, 1.165) is 18.7 Å². The second kappa shape index (κ2) is 6.37. The summed E-state index contributed by atoms with van der Waals surface area (Å²) >= 11 is 0. The predicted molar refractivity (Wildman–Crippen MR) is 88.8 cm³/mol. The highest BCUT2D eigenvalue weighted by molar-refractivity contribution is 5.38. The molecule has 21 heavy (non-hydrogen) atoms. The van der Waals surface area contributed by atoms with Crippen LogP contribution in [0.3, 0.4) is 0 Å². The maximum atomic E-state index is 6.12. The molecule has 118 valence electrons. The number of hydrogen-bond acceptors (Lipinski definition) is 3. The Morgan fingerprint density at radius 2 is 1.95 bits per heavy atom. The van der Waals surface area contributed by atoms with E-state index in [1.54, 1.807) is 0 Å². The second-order valence-corrected chi connectivity index (χ2v) is 7.44. The fraction of sp³-hybridized carbons (Fsp3) is 0.667. The molecule has 1 aromatic rings. The Balaban J connectivity index is 2.21. The zero-order valence-corrected chi connectivity index (χ0v) is 14.3. The van der Waals surface area contributed by atoms with Gasteiger partial charge >= 0.3 is 0 Å². The molecule has 1 heterocycles. The summed E-state index contributed by atoms with van der Waals surface area (Å²) in [6.07, 6.45) is 1.00. The lowest BCUT2D eigenvalue weighted by Gasteiger charge is -2.40. The van der Waals surface area contributed by atoms with E-state index in [1.165, 1.54) is 5.56 Å². The molecule has 0 bridgehead atoms. The highest BCUT2D eigenvalue weighted by atomic mass is 16.5. The van der Waals surface area contributed by atoms with Gasteiger partial charge in [-0.15, -0.1) is 0 Å². The average molecular weight is 290 g/mol. The van der Waals surface area contributed by atoms with Crippen LogP contribution >= 0.6 is 0 Å². The maximum absolute atomic E-state index is 6.12. The first-order chi connectivity index (χ1) is 9.78. The number of rotatable bonds is 5. The molecule has 1 aromatic carbocycles. The van der Waals surface area contributed by atoms with Crippen molar-refractivity contribution in [1.29, 1.82) is 0 Å². The van der Waals surface area contributed by atoms with Crippen LogP contribution in [0, 0.1) is 5.92 Å². The van der Waals surface area contributed by atoms with Crippen molar-refractivity contribution >= 4 is 0 Å². The number of benzene rings is 1. The minimum absolute atomic E-state index is 0.119. The predicted octanol–water partition coefficient (Wildman–Crippen LogP) is 3.46. The molecular weight excluding hydrogens is 260 g/mol. The lowest BCUT2D eigenvalue weighted by atomic mass is 9.88. The van der Waals surface area contributed by atoms with Gasteiger partial charge in [0, 0.05) is 30.6 Å². The van der Waals surface area contributed by atoms with Crippen molar-refractivity contribution in [2.24, 2.45) is 5.92 Å². The van der Waals surface area contributed by atoms with Crippen LogP contribution in [0.25, 0.3) is 0 Å². The van der Waals surface area contributed by atoms with Crippen molar-refractivity contribution in [2.45, 2.75) is 51.8 Å². The number of ether oxygens (including phenoxy) is 1. The molecule has 1 aliphatic heterocycles. The molecule has 3 heteroatoms. The number of para-hydroxylation sites is 1. The monoisotopic (exact) mass is 290 g/mol. The van der Waals surface area contributed by atoms with Crippen molar-refractivity contribution in [3.8, 4) is 5.75 Å². The van der Waals surface area contributed by atoms with Crippen LogP contribution in [-0.2, 0) is 0 Å². The van der Waals surface area contributed by atoms with Gasteiger partial charge in [0.15, 0.2) is 0 Å². The summed E-state index contributed by atoms with van der Waals surface area (Å²) in [5.41, 5.74) is 1.17. The molecule has 2 unspecified atom stereocenters. The number of hydrogen-bond donors (Lipinski definition) is 1. The van der Waals surface area contributed by atoms with Gasteiger partial charge in [-0.3, -0.25) is 0 Å². The van der Waals surface area contributed by atoms with Crippen molar-refractivity contribution in [2.75, 3.05) is 20.6 Å². The molecule has 2 atom stereocenters. The topological polar surface area (TPSA) is 24.5 Å². The van der Waals surface area contributed by atoms with E-state index in [2.05, 4.69) is 76.3 Å². The highest BCUT2D eigenvalue weighted by Gasteiger charge is 2.34. The van der Waals surface area contributed by atoms with E-state index in [0.29, 0.717) is 18.0 Å². The summed E-state index contributed by atoms with van der Waals surface area (Å²) in [4.78, 5) is 2.26. The normalized spacial score (nSPS) is 22.0. The molecule has 2 rings (SSSR count). The highest BCUT2D eigenvalue weighted by Crippen LogP contribution is 2.39. The Bertz CT molecular complexity index is 468. The lowest BCUT2D eigenvalue weighted by Crippen LogP contribution is -2.47. The molecule has 0 aromatic heterocycles. The minimum atomic E-state index is -0.119. The van der Waals surface area contributed by atoms with Crippen molar-refractivity contribution in [1.82, 2.24) is 10.2 Å². The first-order valence-electron chi connectivity index (χ1n) is 7.97. The molecule has 1 aliphatic rings. The number of fused-ring (bicyclic) bond motifs is 1. The zero-order chi connectivity index (χ0) is 15.6. The van der Waals surface area contributed by atoms with Gasteiger partial charge in [-0.2, -0.15) is 0 Å². The second-order valence-electron chi connectivity index (χ2n) is 7.44. The fourth-order valence-corrected chi connectivity index (χ4v) is 3.06. The molecule has 0 spiro atoms. The third kappa shape index (κ3) is 4.21. The van der Waals surface area contributed by atoms with E-state index in [9.17, 15) is 0 Å². The fourth-order valence-electron chi connectivity index (χ4n) is 3.06. The van der Waals surface area contributed by atoms with Gasteiger partial charge in [-0.25, -0.2) is 0 Å². The summed E-state index contributed by atoms with van der Waals surface area (Å²) in [6.45, 7) is 9.98. The Morgan fingerprint density at radius 3 is 2.57 bits per heavy atom. The van der Waals surface area contributed by atoms with Gasteiger partial charge < -0.3 is 15.0 Å². The largest absolute Gasteiger partial charge is 0.487 e. The smallest absolute Gasteiger partial charge is 0.124 e. The molecule has 0 aliphatic carbocycles. The molecule has 0 radical (unpaired) electrons. The van der Waals surface area contributed by atoms with E-state index >= 15 is 0 Å². The van der Waals surface area contributed by atoms with Crippen LogP contribution in [0.1, 0.15) is 45.7 Å². The first kappa shape index (κ1) is 16.3. The van der Waals surface area contributed by atoms with Crippen molar-refractivity contribution in [3.05, 3.63) is 29.8 Å². The third-order valence-corrected chi connectivity index (χ3v) is 4.16. The van der Waals surface area contributed by atoms with Gasteiger partial charge in [0.25, 0.3) is 0 Å². The van der Waals surface area contributed by atoms with E-state index in [-0.39, 0.29) is 5.60 Å². The Hall–Kier alpha value is -1.06. The number of nitrogens with zero attached hydrogens (tertiary/aromatic N) is 1. The van der Waals surface area contributed by atoms with Crippen LogP contribution in [0.4, 0.5) is 0 Å². The van der Waals surface area contributed by atoms with Gasteiger partial charge in [0.05, 0.1) is 0 Å². The van der Waals surface area contributed by atoms with Gasteiger partial charge in [-0.05, 0) is 39.9 Å². The summed E-state index contributed by atoms with van der Waals surface area (Å²) < 4.78 is 6.12. The van der Waals surface area contributed by atoms with Crippen LogP contribution in [0.15, 0.2) is 24.3 Å². The molecular formula is C18H30N2O. The SMILES string of the molecule is CC(C)C(CN(C)C)NC1CC(C)(C)Oc2ccccc21. The van der Waals surface area contributed by atoms with Crippen LogP contribution in [-0.4, -0.2) is 37.2 Å². The van der Waals surface area contributed by atoms with Crippen molar-refractivity contribution in [3.63, 3.8) is 0 Å². The van der Waals surface area contributed by atoms with Gasteiger partial charge in [-0.1, -0.05) is 32.0 Å². The van der Waals surface area contributed by atoms with Crippen molar-refractivity contribution < 1.29 is 4.74 Å². The lowest BCUT2D eigenvalue weighted by molar-refractivity contribution is 0.0609. The zero-order valence-electron chi connectivity index (χ0n) is 14.3. The number of nitrogens with one attached hydrogen (secondary N) is 1. The third-order valence-electron chi connectivity index (χ3n) is 4.16. The first-order valence-corrected chi connectivity index (χ1v) is 7.97. The summed E-state index contributed by atoms with van der Waals surface area (Å²) in [6, 6.07) is 9.27. The quantitative estimate of drug-likeness (QED) is 0.898. The van der Waals surface area contributed by atoms with E-state index in [1.807, 2.05) is 0 Å². The molecule has 0 fully saturated rings. The van der Waals surface area contributed by atoms with E-state index in [4.69, 9.17) is 4.74 Å². The number of likely N-dealkylation sites (N-methyl/N-ethyl adjacent to an activating group) is 1. The average Bonchev–Trinajstić information content (AvgIpc) is 2.35. The molecule has 1 N–H and O–H groups in total. The minimum Gasteiger partial charge on any atom is -0.487 e. The summed E-state index contributed by atoms with van der Waals surface area (Å²) in [7, 11) is 4.28. The van der Waals surface area contributed by atoms with Crippen LogP contribution < -0.4 is 10.1 Å². The van der Waals surface area contributed by atoms with Crippen LogP contribution in [0.5, 0.6) is 5.75 Å². The molecule has 3 nitrogen and oxygen atoms in total. The molecule has 0 saturated heterocycles. The van der Waals surface area contributed by atoms with E-state index < -0.39 is 0 Å². The Morgan fingerprint density at radius 1 is 1.29 bits per heavy atom. The molecule has 0 amide bonds. The van der Waals surface area contributed by atoms with Crippen LogP contribution in [0.2, 0.25) is 0 Å². The molecule has 0 saturated carbocycles. The summed E-state index contributed by atoms with van der Waals surface area (Å²) in [5.74, 6) is 1.63. The Kier molecular flexibility index (Phi) is 4.95. The van der Waals surface area contributed by atoms with Gasteiger partial charge in [0.2, 0.25) is 0 Å². The summed E-state index contributed by atoms with van der Waals surface area (Å²) in [5, 5.41) is 3.88. The Labute approximate surface area is 129 Å². The van der Waals surface area contributed by atoms with Gasteiger partial charge in [0.1, 0.15) is 11.4 Å². The standard InChI is InChI=1S/C18H30N2O/c1-13(2)16(12-20(5)6)19-15-11-18(3,4)21-17-10-8-7-9-14(15)17/h7-10,13,15-16,19H,11-12H2,1-6H3.